The summed E-state index contributed by atoms with van der Waals surface area (Å²) in [4.78, 5) is 12.3. The number of likely N-dealkylation sites (N-methyl/N-ethyl adjacent to an activating group) is 1. The number of aliphatic hydroxyl groups excluding tert-OH is 1. The van der Waals surface area contributed by atoms with Gasteiger partial charge in [-0.2, -0.15) is 22.0 Å². The highest BCUT2D eigenvalue weighted by Crippen LogP contribution is 2.21. The van der Waals surface area contributed by atoms with Gasteiger partial charge in [0.25, 0.3) is 0 Å². The summed E-state index contributed by atoms with van der Waals surface area (Å²) >= 11 is 0. The number of amides is 2. The van der Waals surface area contributed by atoms with Gasteiger partial charge in [0.1, 0.15) is 5.75 Å². The van der Waals surface area contributed by atoms with E-state index in [0.29, 0.717) is 4.90 Å². The summed E-state index contributed by atoms with van der Waals surface area (Å²) < 4.78 is 64.5. The van der Waals surface area contributed by atoms with Crippen LogP contribution in [0.25, 0.3) is 0 Å². The lowest BCUT2D eigenvalue weighted by Gasteiger charge is -2.22. The zero-order valence-electron chi connectivity index (χ0n) is 11.3. The molecule has 0 aliphatic carbocycles. The standard InChI is InChI=1S/C12H13F5N2O3/c1-19(6-9(20)12(15,16)17)11(21)18-7-2-4-8(5-3-7)22-10(13)14/h2-5,9-10,20H,6H2,1H3,(H,18,21). The summed E-state index contributed by atoms with van der Waals surface area (Å²) in [5, 5.41) is 11.1. The highest BCUT2D eigenvalue weighted by molar-refractivity contribution is 5.89. The Kier molecular flexibility index (Phi) is 5.92. The van der Waals surface area contributed by atoms with Gasteiger partial charge in [0.05, 0.1) is 6.54 Å². The number of anilines is 1. The number of alkyl halides is 5. The number of hydrogen-bond donors (Lipinski definition) is 2. The first-order chi connectivity index (χ1) is 10.1. The molecule has 0 aromatic heterocycles. The third kappa shape index (κ3) is 5.72. The molecule has 0 saturated carbocycles. The van der Waals surface area contributed by atoms with Crippen molar-refractivity contribution in [1.82, 2.24) is 4.90 Å². The van der Waals surface area contributed by atoms with Gasteiger partial charge >= 0.3 is 18.8 Å². The molecule has 0 heterocycles. The van der Waals surface area contributed by atoms with Crippen molar-refractivity contribution in [3.05, 3.63) is 24.3 Å². The average Bonchev–Trinajstić information content (AvgIpc) is 2.39. The number of nitrogens with one attached hydrogen (secondary N) is 1. The van der Waals surface area contributed by atoms with Crippen molar-refractivity contribution >= 4 is 11.7 Å². The quantitative estimate of drug-likeness (QED) is 0.817. The zero-order valence-corrected chi connectivity index (χ0v) is 11.3. The van der Waals surface area contributed by atoms with Crippen molar-refractivity contribution in [2.45, 2.75) is 18.9 Å². The van der Waals surface area contributed by atoms with E-state index in [9.17, 15) is 26.7 Å². The van der Waals surface area contributed by atoms with E-state index in [0.717, 1.165) is 19.2 Å². The molecule has 1 aromatic rings. The summed E-state index contributed by atoms with van der Waals surface area (Å²) in [6.45, 7) is -3.93. The molecule has 22 heavy (non-hydrogen) atoms. The molecule has 0 spiro atoms. The Bertz CT molecular complexity index is 493. The number of hydrogen-bond acceptors (Lipinski definition) is 3. The summed E-state index contributed by atoms with van der Waals surface area (Å²) in [5.74, 6) is -0.131. The van der Waals surface area contributed by atoms with Crippen LogP contribution in [0.1, 0.15) is 0 Å². The molecule has 5 nitrogen and oxygen atoms in total. The molecule has 1 aromatic carbocycles. The Balaban J connectivity index is 2.57. The van der Waals surface area contributed by atoms with E-state index in [1.807, 2.05) is 0 Å². The van der Waals surface area contributed by atoms with Gasteiger partial charge in [-0.05, 0) is 24.3 Å². The second kappa shape index (κ2) is 7.25. The van der Waals surface area contributed by atoms with E-state index in [1.165, 1.54) is 12.1 Å². The van der Waals surface area contributed by atoms with Crippen molar-refractivity contribution in [1.29, 1.82) is 0 Å². The topological polar surface area (TPSA) is 61.8 Å². The lowest BCUT2D eigenvalue weighted by atomic mass is 10.3. The fourth-order valence-electron chi connectivity index (χ4n) is 1.38. The third-order valence-electron chi connectivity index (χ3n) is 2.50. The van der Waals surface area contributed by atoms with Gasteiger partial charge in [0.2, 0.25) is 0 Å². The van der Waals surface area contributed by atoms with Crippen LogP contribution in [0.3, 0.4) is 0 Å². The molecule has 1 unspecified atom stereocenters. The van der Waals surface area contributed by atoms with Crippen molar-refractivity contribution in [2.75, 3.05) is 18.9 Å². The van der Waals surface area contributed by atoms with Gasteiger partial charge in [0, 0.05) is 12.7 Å². The van der Waals surface area contributed by atoms with Crippen molar-refractivity contribution in [3.8, 4) is 5.75 Å². The van der Waals surface area contributed by atoms with E-state index in [1.54, 1.807) is 0 Å². The molecule has 10 heteroatoms. The number of carbonyl (C=O) groups is 1. The fraction of sp³-hybridized carbons (Fsp3) is 0.417. The van der Waals surface area contributed by atoms with Crippen LogP contribution in [0.5, 0.6) is 5.75 Å². The van der Waals surface area contributed by atoms with Gasteiger partial charge in [-0.3, -0.25) is 0 Å². The van der Waals surface area contributed by atoms with E-state index < -0.39 is 31.5 Å². The molecule has 2 N–H and O–H groups in total. The maximum atomic E-state index is 12.2. The molecule has 0 fully saturated rings. The summed E-state index contributed by atoms with van der Waals surface area (Å²) in [6, 6.07) is 3.90. The number of benzene rings is 1. The highest BCUT2D eigenvalue weighted by atomic mass is 19.4. The number of halogens is 5. The van der Waals surface area contributed by atoms with Gasteiger partial charge in [0.15, 0.2) is 6.10 Å². The lowest BCUT2D eigenvalue weighted by molar-refractivity contribution is -0.205. The smallest absolute Gasteiger partial charge is 0.416 e. The lowest BCUT2D eigenvalue weighted by Crippen LogP contribution is -2.43. The highest BCUT2D eigenvalue weighted by Gasteiger charge is 2.39. The first-order valence-electron chi connectivity index (χ1n) is 5.91. The third-order valence-corrected chi connectivity index (χ3v) is 2.50. The number of ether oxygens (including phenoxy) is 1. The largest absolute Gasteiger partial charge is 0.435 e. The molecule has 0 aliphatic heterocycles. The number of rotatable bonds is 5. The molecule has 0 aliphatic rings. The predicted molar refractivity (Wildman–Crippen MR) is 66.8 cm³/mol. The van der Waals surface area contributed by atoms with Gasteiger partial charge in [-0.1, -0.05) is 0 Å². The van der Waals surface area contributed by atoms with Crippen LogP contribution in [0.4, 0.5) is 32.4 Å². The summed E-state index contributed by atoms with van der Waals surface area (Å²) in [7, 11) is 1.07. The van der Waals surface area contributed by atoms with E-state index in [-0.39, 0.29) is 11.4 Å². The van der Waals surface area contributed by atoms with E-state index in [2.05, 4.69) is 10.1 Å². The first kappa shape index (κ1) is 18.0. The van der Waals surface area contributed by atoms with Crippen LogP contribution in [-0.2, 0) is 0 Å². The zero-order chi connectivity index (χ0) is 16.9. The van der Waals surface area contributed by atoms with E-state index >= 15 is 0 Å². The van der Waals surface area contributed by atoms with Gasteiger partial charge < -0.3 is 20.1 Å². The van der Waals surface area contributed by atoms with Crippen LogP contribution in [0.15, 0.2) is 24.3 Å². The van der Waals surface area contributed by atoms with Crippen LogP contribution in [0, 0.1) is 0 Å². The fourth-order valence-corrected chi connectivity index (χ4v) is 1.38. The Morgan fingerprint density at radius 1 is 1.32 bits per heavy atom. The van der Waals surface area contributed by atoms with Crippen LogP contribution in [0.2, 0.25) is 0 Å². The Morgan fingerprint density at radius 2 is 1.86 bits per heavy atom. The first-order valence-corrected chi connectivity index (χ1v) is 5.91. The number of nitrogens with zero attached hydrogens (tertiary/aromatic N) is 1. The molecule has 0 saturated heterocycles. The minimum atomic E-state index is -4.83. The molecular weight excluding hydrogens is 315 g/mol. The molecule has 1 rings (SSSR count). The number of aliphatic hydroxyl groups is 1. The minimum Gasteiger partial charge on any atom is -0.435 e. The maximum absolute atomic E-state index is 12.2. The van der Waals surface area contributed by atoms with Crippen LogP contribution in [-0.4, -0.2) is 48.5 Å². The van der Waals surface area contributed by atoms with Crippen molar-refractivity contribution in [2.24, 2.45) is 0 Å². The normalized spacial score (nSPS) is 12.9. The van der Waals surface area contributed by atoms with Crippen LogP contribution < -0.4 is 10.1 Å². The van der Waals surface area contributed by atoms with Gasteiger partial charge in [-0.15, -0.1) is 0 Å². The van der Waals surface area contributed by atoms with Crippen molar-refractivity contribution in [3.63, 3.8) is 0 Å². The van der Waals surface area contributed by atoms with Crippen LogP contribution >= 0.6 is 0 Å². The Hall–Kier alpha value is -2.10. The minimum absolute atomic E-state index is 0.131. The molecular formula is C12H13F5N2O3. The molecule has 0 radical (unpaired) electrons. The van der Waals surface area contributed by atoms with E-state index in [4.69, 9.17) is 5.11 Å². The number of urea groups is 1. The predicted octanol–water partition coefficient (Wildman–Crippen LogP) is 2.67. The monoisotopic (exact) mass is 328 g/mol. The molecule has 0 bridgehead atoms. The summed E-state index contributed by atoms with van der Waals surface area (Å²) in [6.07, 6.45) is -7.49. The summed E-state index contributed by atoms with van der Waals surface area (Å²) in [5.41, 5.74) is 0.167. The second-order valence-electron chi connectivity index (χ2n) is 4.27. The SMILES string of the molecule is CN(CC(O)C(F)(F)F)C(=O)Nc1ccc(OC(F)F)cc1. The van der Waals surface area contributed by atoms with Crippen molar-refractivity contribution < 1.29 is 36.6 Å². The Labute approximate surface area is 122 Å². The number of carbonyl (C=O) groups excluding carboxylic acids is 1. The molecule has 1 atom stereocenters. The maximum Gasteiger partial charge on any atom is 0.416 e. The second-order valence-corrected chi connectivity index (χ2v) is 4.27. The van der Waals surface area contributed by atoms with Gasteiger partial charge in [-0.25, -0.2) is 4.79 Å². The Morgan fingerprint density at radius 3 is 2.32 bits per heavy atom. The average molecular weight is 328 g/mol. The molecule has 124 valence electrons. The molecule has 2 amide bonds.